The molecular weight excluding hydrogens is 349 g/mol. The summed E-state index contributed by atoms with van der Waals surface area (Å²) in [6.45, 7) is 0.272. The van der Waals surface area contributed by atoms with E-state index in [-0.39, 0.29) is 24.3 Å². The fourth-order valence-electron chi connectivity index (χ4n) is 3.29. The summed E-state index contributed by atoms with van der Waals surface area (Å²) >= 11 is 0. The topological polar surface area (TPSA) is 141 Å². The van der Waals surface area contributed by atoms with Crippen molar-refractivity contribution in [3.05, 3.63) is 35.4 Å². The first kappa shape index (κ1) is 23.1. The summed E-state index contributed by atoms with van der Waals surface area (Å²) in [5, 5.41) is 36.2. The normalized spacial score (nSPS) is 13.1. The maximum absolute atomic E-state index is 11.6. The van der Waals surface area contributed by atoms with Crippen molar-refractivity contribution in [3.8, 4) is 0 Å². The third kappa shape index (κ3) is 9.04. The summed E-state index contributed by atoms with van der Waals surface area (Å²) in [6, 6.07) is 6.80. The molecule has 0 amide bonds. The Morgan fingerprint density at radius 1 is 0.963 bits per heavy atom. The highest BCUT2D eigenvalue weighted by molar-refractivity contribution is 6.40. The van der Waals surface area contributed by atoms with Gasteiger partial charge in [-0.25, -0.2) is 4.79 Å². The van der Waals surface area contributed by atoms with Gasteiger partial charge in [-0.3, -0.25) is 4.79 Å². The maximum Gasteiger partial charge on any atom is 0.451 e. The van der Waals surface area contributed by atoms with Crippen LogP contribution in [0.15, 0.2) is 24.3 Å². The average Bonchev–Trinajstić information content (AvgIpc) is 2.62. The smallest absolute Gasteiger partial charge is 0.451 e. The molecule has 0 fully saturated rings. The molecule has 0 spiro atoms. The monoisotopic (exact) mass is 379 g/mol. The lowest BCUT2D eigenvalue weighted by atomic mass is 9.78. The molecule has 27 heavy (non-hydrogen) atoms. The van der Waals surface area contributed by atoms with E-state index < -0.39 is 25.0 Å². The van der Waals surface area contributed by atoms with Crippen LogP contribution in [0.3, 0.4) is 0 Å². The van der Waals surface area contributed by atoms with E-state index in [0.29, 0.717) is 19.3 Å². The van der Waals surface area contributed by atoms with Crippen molar-refractivity contribution in [2.45, 2.75) is 51.3 Å². The van der Waals surface area contributed by atoms with Gasteiger partial charge in [0, 0.05) is 0 Å². The number of carboxylic acids is 2. The second kappa shape index (κ2) is 12.5. The molecule has 6 N–H and O–H groups in total. The SMILES string of the molecule is NCC(CCCB(O)O)C(CCCCCc1ccc(C(=O)O)cc1)C(=O)O. The van der Waals surface area contributed by atoms with Gasteiger partial charge < -0.3 is 26.0 Å². The fraction of sp³-hybridized carbons (Fsp3) is 0.579. The summed E-state index contributed by atoms with van der Waals surface area (Å²) in [7, 11) is -1.36. The minimum Gasteiger partial charge on any atom is -0.481 e. The molecule has 0 aliphatic carbocycles. The van der Waals surface area contributed by atoms with Gasteiger partial charge in [0.2, 0.25) is 0 Å². The van der Waals surface area contributed by atoms with Crippen molar-refractivity contribution in [3.63, 3.8) is 0 Å². The molecule has 1 aromatic rings. The molecule has 0 aromatic heterocycles. The number of nitrogens with two attached hydrogens (primary N) is 1. The number of hydrogen-bond donors (Lipinski definition) is 5. The van der Waals surface area contributed by atoms with Gasteiger partial charge in [-0.15, -0.1) is 0 Å². The van der Waals surface area contributed by atoms with Crippen molar-refractivity contribution >= 4 is 19.1 Å². The van der Waals surface area contributed by atoms with Gasteiger partial charge in [-0.05, 0) is 62.2 Å². The number of aliphatic carboxylic acids is 1. The second-order valence-electron chi connectivity index (χ2n) is 6.95. The van der Waals surface area contributed by atoms with Crippen LogP contribution in [0, 0.1) is 11.8 Å². The van der Waals surface area contributed by atoms with E-state index in [1.807, 2.05) is 12.1 Å². The van der Waals surface area contributed by atoms with E-state index in [1.165, 1.54) is 0 Å². The number of carbonyl (C=O) groups is 2. The largest absolute Gasteiger partial charge is 0.481 e. The molecule has 0 aliphatic rings. The number of benzene rings is 1. The Labute approximate surface area is 160 Å². The molecular formula is C19H30BNO6. The highest BCUT2D eigenvalue weighted by Crippen LogP contribution is 2.24. The first-order valence-corrected chi connectivity index (χ1v) is 9.46. The van der Waals surface area contributed by atoms with Crippen molar-refractivity contribution in [1.29, 1.82) is 0 Å². The van der Waals surface area contributed by atoms with Gasteiger partial charge in [0.15, 0.2) is 0 Å². The molecule has 0 saturated carbocycles. The lowest BCUT2D eigenvalue weighted by Gasteiger charge is -2.22. The Bertz CT molecular complexity index is 578. The van der Waals surface area contributed by atoms with Crippen molar-refractivity contribution in [2.24, 2.45) is 17.6 Å². The Balaban J connectivity index is 2.36. The van der Waals surface area contributed by atoms with Crippen LogP contribution in [0.1, 0.15) is 54.4 Å². The molecule has 0 aliphatic heterocycles. The molecule has 2 atom stereocenters. The fourth-order valence-corrected chi connectivity index (χ4v) is 3.29. The molecule has 1 aromatic carbocycles. The number of unbranched alkanes of at least 4 members (excludes halogenated alkanes) is 2. The summed E-state index contributed by atoms with van der Waals surface area (Å²) in [4.78, 5) is 22.4. The highest BCUT2D eigenvalue weighted by Gasteiger charge is 2.26. The Hall–Kier alpha value is -1.90. The summed E-state index contributed by atoms with van der Waals surface area (Å²) < 4.78 is 0. The third-order valence-corrected chi connectivity index (χ3v) is 4.91. The number of carboxylic acid groups (broad SMARTS) is 2. The predicted molar refractivity (Wildman–Crippen MR) is 103 cm³/mol. The summed E-state index contributed by atoms with van der Waals surface area (Å²) in [6.07, 6.45) is 5.28. The van der Waals surface area contributed by atoms with Crippen LogP contribution in [-0.4, -0.2) is 45.9 Å². The quantitative estimate of drug-likeness (QED) is 0.246. The minimum absolute atomic E-state index is 0.162. The number of rotatable bonds is 14. The second-order valence-corrected chi connectivity index (χ2v) is 6.95. The van der Waals surface area contributed by atoms with Crippen LogP contribution in [0.2, 0.25) is 6.32 Å². The molecule has 7 nitrogen and oxygen atoms in total. The van der Waals surface area contributed by atoms with Gasteiger partial charge >= 0.3 is 19.1 Å². The first-order chi connectivity index (χ1) is 12.8. The minimum atomic E-state index is -1.36. The molecule has 0 bridgehead atoms. The van der Waals surface area contributed by atoms with Gasteiger partial charge in [0.1, 0.15) is 0 Å². The first-order valence-electron chi connectivity index (χ1n) is 9.46. The lowest BCUT2D eigenvalue weighted by Crippen LogP contribution is -2.30. The highest BCUT2D eigenvalue weighted by atomic mass is 16.4. The Morgan fingerprint density at radius 3 is 2.15 bits per heavy atom. The van der Waals surface area contributed by atoms with Crippen LogP contribution < -0.4 is 5.73 Å². The van der Waals surface area contributed by atoms with Gasteiger partial charge in [0.05, 0.1) is 11.5 Å². The van der Waals surface area contributed by atoms with E-state index in [9.17, 15) is 14.7 Å². The lowest BCUT2D eigenvalue weighted by molar-refractivity contribution is -0.144. The van der Waals surface area contributed by atoms with Crippen molar-refractivity contribution in [2.75, 3.05) is 6.54 Å². The van der Waals surface area contributed by atoms with Crippen molar-refractivity contribution in [1.82, 2.24) is 0 Å². The number of aromatic carboxylic acids is 1. The molecule has 0 radical (unpaired) electrons. The average molecular weight is 379 g/mol. The van der Waals surface area contributed by atoms with Crippen LogP contribution in [0.4, 0.5) is 0 Å². The van der Waals surface area contributed by atoms with E-state index in [0.717, 1.165) is 31.2 Å². The van der Waals surface area contributed by atoms with Gasteiger partial charge in [-0.1, -0.05) is 31.4 Å². The van der Waals surface area contributed by atoms with Crippen LogP contribution >= 0.6 is 0 Å². The van der Waals surface area contributed by atoms with E-state index in [4.69, 9.17) is 20.9 Å². The van der Waals surface area contributed by atoms with E-state index in [1.54, 1.807) is 12.1 Å². The predicted octanol–water partition coefficient (Wildman–Crippen LogP) is 2.02. The number of hydrogen-bond acceptors (Lipinski definition) is 5. The van der Waals surface area contributed by atoms with Crippen molar-refractivity contribution < 1.29 is 29.9 Å². The molecule has 0 saturated heterocycles. The van der Waals surface area contributed by atoms with Gasteiger partial charge in [0.25, 0.3) is 0 Å². The Morgan fingerprint density at radius 2 is 1.63 bits per heavy atom. The Kier molecular flexibility index (Phi) is 10.7. The summed E-state index contributed by atoms with van der Waals surface area (Å²) in [5.41, 5.74) is 7.07. The van der Waals surface area contributed by atoms with Crippen LogP contribution in [0.5, 0.6) is 0 Å². The third-order valence-electron chi connectivity index (χ3n) is 4.91. The van der Waals surface area contributed by atoms with Crippen LogP contribution in [-0.2, 0) is 11.2 Å². The molecule has 8 heteroatoms. The molecule has 2 unspecified atom stereocenters. The standard InChI is InChI=1S/C19H30BNO6/c21-13-16(6-4-12-20(26)27)17(19(24)25)7-3-1-2-5-14-8-10-15(11-9-14)18(22)23/h8-11,16-17,26-27H,1-7,12-13,21H2,(H,22,23)(H,24,25). The van der Waals surface area contributed by atoms with Gasteiger partial charge in [-0.2, -0.15) is 0 Å². The molecule has 1 rings (SSSR count). The zero-order valence-corrected chi connectivity index (χ0v) is 15.6. The summed E-state index contributed by atoms with van der Waals surface area (Å²) in [5.74, 6) is -2.46. The van der Waals surface area contributed by atoms with E-state index >= 15 is 0 Å². The van der Waals surface area contributed by atoms with Crippen LogP contribution in [0.25, 0.3) is 0 Å². The molecule has 150 valence electrons. The molecule has 0 heterocycles. The zero-order chi connectivity index (χ0) is 20.2. The number of aryl methyl sites for hydroxylation is 1. The zero-order valence-electron chi connectivity index (χ0n) is 15.6. The maximum atomic E-state index is 11.6. The van der Waals surface area contributed by atoms with E-state index in [2.05, 4.69) is 0 Å².